The third-order valence-corrected chi connectivity index (χ3v) is 5.33. The van der Waals surface area contributed by atoms with Crippen LogP contribution in [0.25, 0.3) is 21.8 Å². The van der Waals surface area contributed by atoms with Gasteiger partial charge < -0.3 is 14.8 Å². The number of fused-ring (bicyclic) bond motifs is 3. The van der Waals surface area contributed by atoms with Crippen molar-refractivity contribution in [3.63, 3.8) is 0 Å². The first-order valence-electron chi connectivity index (χ1n) is 9.52. The Morgan fingerprint density at radius 3 is 2.52 bits per heavy atom. The van der Waals surface area contributed by atoms with Crippen LogP contribution in [-0.4, -0.2) is 37.9 Å². The fraction of sp³-hybridized carbons (Fsp3) is 0.182. The summed E-state index contributed by atoms with van der Waals surface area (Å²) in [5.41, 5.74) is 2.87. The number of rotatable bonds is 8. The molecule has 0 spiro atoms. The van der Waals surface area contributed by atoms with Gasteiger partial charge in [0, 0.05) is 34.5 Å². The van der Waals surface area contributed by atoms with Crippen LogP contribution in [0.5, 0.6) is 5.75 Å². The number of aliphatic hydroxyl groups is 1. The Morgan fingerprint density at radius 1 is 1.00 bits per heavy atom. The topological polar surface area (TPSA) is 103 Å². The summed E-state index contributed by atoms with van der Waals surface area (Å²) in [7, 11) is -3.44. The van der Waals surface area contributed by atoms with Crippen molar-refractivity contribution in [2.45, 2.75) is 6.23 Å². The number of aromatic amines is 1. The standard InChI is InChI=1S/C22H23N3O4S.ClH/c1-30(27,28)25-20-9-5-3-7-18(20)22(26)23-12-13-29-15-10-11-17-16-6-2-4-8-19(16)24-21(17)14-15;/h2-11,14,22-26H,12-13H2,1H3;1H/t22-;/m1./s1. The summed E-state index contributed by atoms with van der Waals surface area (Å²) in [6.07, 6.45) is 0.0387. The third-order valence-electron chi connectivity index (χ3n) is 4.74. The molecule has 1 heterocycles. The zero-order valence-electron chi connectivity index (χ0n) is 16.8. The zero-order valence-corrected chi connectivity index (χ0v) is 18.5. The normalized spacial score (nSPS) is 12.5. The molecule has 0 saturated carbocycles. The Labute approximate surface area is 186 Å². The largest absolute Gasteiger partial charge is 0.492 e. The number of hydrogen-bond donors (Lipinski definition) is 4. The van der Waals surface area contributed by atoms with Crippen molar-refractivity contribution in [2.75, 3.05) is 24.1 Å². The van der Waals surface area contributed by atoms with Crippen molar-refractivity contribution in [3.05, 3.63) is 72.3 Å². The summed E-state index contributed by atoms with van der Waals surface area (Å²) in [4.78, 5) is 3.38. The molecule has 0 aliphatic rings. The maximum absolute atomic E-state index is 11.5. The molecule has 9 heteroatoms. The highest BCUT2D eigenvalue weighted by Crippen LogP contribution is 2.28. The van der Waals surface area contributed by atoms with Crippen molar-refractivity contribution >= 4 is 49.9 Å². The highest BCUT2D eigenvalue weighted by molar-refractivity contribution is 7.92. The van der Waals surface area contributed by atoms with Crippen molar-refractivity contribution in [1.82, 2.24) is 10.3 Å². The number of aliphatic hydroxyl groups excluding tert-OH is 1. The fourth-order valence-electron chi connectivity index (χ4n) is 3.43. The molecule has 4 rings (SSSR count). The van der Waals surface area contributed by atoms with Crippen LogP contribution in [0.2, 0.25) is 0 Å². The SMILES string of the molecule is CS(=O)(=O)Nc1ccccc1[C@@H](O)NCCOc1ccc2c(c1)[nH]c1ccccc12.Cl. The molecular weight excluding hydrogens is 438 g/mol. The van der Waals surface area contributed by atoms with Crippen molar-refractivity contribution in [2.24, 2.45) is 0 Å². The molecule has 0 saturated heterocycles. The monoisotopic (exact) mass is 461 g/mol. The molecule has 7 nitrogen and oxygen atoms in total. The minimum atomic E-state index is -3.44. The van der Waals surface area contributed by atoms with Crippen LogP contribution >= 0.6 is 12.4 Å². The quantitative estimate of drug-likeness (QED) is 0.236. The maximum Gasteiger partial charge on any atom is 0.229 e. The van der Waals surface area contributed by atoms with E-state index in [0.717, 1.165) is 28.4 Å². The van der Waals surface area contributed by atoms with Crippen LogP contribution in [0.15, 0.2) is 66.7 Å². The van der Waals surface area contributed by atoms with Crippen LogP contribution in [0.4, 0.5) is 5.69 Å². The molecule has 1 aromatic heterocycles. The summed E-state index contributed by atoms with van der Waals surface area (Å²) in [5, 5.41) is 15.7. The maximum atomic E-state index is 11.5. The van der Waals surface area contributed by atoms with Gasteiger partial charge in [0.2, 0.25) is 10.0 Å². The van der Waals surface area contributed by atoms with Gasteiger partial charge in [0.15, 0.2) is 0 Å². The molecule has 1 atom stereocenters. The van der Waals surface area contributed by atoms with Gasteiger partial charge in [-0.25, -0.2) is 8.42 Å². The number of anilines is 1. The predicted octanol–water partition coefficient (Wildman–Crippen LogP) is 3.77. The molecule has 0 aliphatic carbocycles. The Kier molecular flexibility index (Phi) is 7.07. The van der Waals surface area contributed by atoms with E-state index >= 15 is 0 Å². The van der Waals surface area contributed by atoms with Gasteiger partial charge in [-0.05, 0) is 24.3 Å². The van der Waals surface area contributed by atoms with E-state index in [1.54, 1.807) is 24.3 Å². The number of hydrogen-bond acceptors (Lipinski definition) is 5. The molecule has 4 N–H and O–H groups in total. The van der Waals surface area contributed by atoms with E-state index in [0.29, 0.717) is 24.4 Å². The summed E-state index contributed by atoms with van der Waals surface area (Å²) in [6.45, 7) is 0.712. The number of sulfonamides is 1. The number of benzene rings is 3. The van der Waals surface area contributed by atoms with Crippen molar-refractivity contribution in [1.29, 1.82) is 0 Å². The lowest BCUT2D eigenvalue weighted by atomic mass is 10.1. The number of ether oxygens (including phenoxy) is 1. The average molecular weight is 462 g/mol. The van der Waals surface area contributed by atoms with Crippen LogP contribution in [0.3, 0.4) is 0 Å². The highest BCUT2D eigenvalue weighted by Gasteiger charge is 2.14. The van der Waals surface area contributed by atoms with Gasteiger partial charge >= 0.3 is 0 Å². The van der Waals surface area contributed by atoms with Gasteiger partial charge in [0.25, 0.3) is 0 Å². The molecule has 3 aromatic carbocycles. The fourth-order valence-corrected chi connectivity index (χ4v) is 4.01. The first kappa shape index (κ1) is 22.9. The molecule has 0 radical (unpaired) electrons. The first-order chi connectivity index (χ1) is 14.4. The molecular formula is C22H24ClN3O4S. The predicted molar refractivity (Wildman–Crippen MR) is 126 cm³/mol. The van der Waals surface area contributed by atoms with E-state index < -0.39 is 16.3 Å². The number of para-hydroxylation sites is 2. The molecule has 0 fully saturated rings. The smallest absolute Gasteiger partial charge is 0.229 e. The van der Waals surface area contributed by atoms with Gasteiger partial charge in [-0.3, -0.25) is 10.0 Å². The van der Waals surface area contributed by atoms with Crippen LogP contribution in [-0.2, 0) is 10.0 Å². The van der Waals surface area contributed by atoms with E-state index in [-0.39, 0.29) is 12.4 Å². The summed E-state index contributed by atoms with van der Waals surface area (Å²) < 4.78 is 31.2. The Bertz CT molecular complexity index is 1290. The molecule has 0 unspecified atom stereocenters. The van der Waals surface area contributed by atoms with E-state index in [9.17, 15) is 13.5 Å². The summed E-state index contributed by atoms with van der Waals surface area (Å²) >= 11 is 0. The Morgan fingerprint density at radius 2 is 1.71 bits per heavy atom. The number of halogens is 1. The zero-order chi connectivity index (χ0) is 21.1. The number of H-pyrrole nitrogens is 1. The van der Waals surface area contributed by atoms with E-state index in [1.807, 2.05) is 36.4 Å². The van der Waals surface area contributed by atoms with Crippen molar-refractivity contribution < 1.29 is 18.3 Å². The van der Waals surface area contributed by atoms with Gasteiger partial charge in [-0.15, -0.1) is 12.4 Å². The minimum absolute atomic E-state index is 0. The molecule has 31 heavy (non-hydrogen) atoms. The van der Waals surface area contributed by atoms with Gasteiger partial charge in [-0.2, -0.15) is 0 Å². The summed E-state index contributed by atoms with van der Waals surface area (Å²) in [6, 6.07) is 20.7. The van der Waals surface area contributed by atoms with E-state index in [2.05, 4.69) is 21.1 Å². The highest BCUT2D eigenvalue weighted by atomic mass is 35.5. The second kappa shape index (κ2) is 9.57. The lowest BCUT2D eigenvalue weighted by Gasteiger charge is -2.17. The number of aromatic nitrogens is 1. The Balaban J connectivity index is 0.00000272. The van der Waals surface area contributed by atoms with Gasteiger partial charge in [0.1, 0.15) is 18.6 Å². The van der Waals surface area contributed by atoms with Crippen LogP contribution in [0, 0.1) is 0 Å². The van der Waals surface area contributed by atoms with Crippen LogP contribution in [0.1, 0.15) is 11.8 Å². The van der Waals surface area contributed by atoms with E-state index in [1.165, 1.54) is 5.39 Å². The first-order valence-corrected chi connectivity index (χ1v) is 11.4. The Hall–Kier alpha value is -2.78. The molecule has 0 aliphatic heterocycles. The summed E-state index contributed by atoms with van der Waals surface area (Å²) in [5.74, 6) is 0.726. The molecule has 0 bridgehead atoms. The lowest BCUT2D eigenvalue weighted by molar-refractivity contribution is 0.132. The van der Waals surface area contributed by atoms with Gasteiger partial charge in [0.05, 0.1) is 17.5 Å². The second-order valence-corrected chi connectivity index (χ2v) is 8.79. The van der Waals surface area contributed by atoms with E-state index in [4.69, 9.17) is 4.74 Å². The molecule has 164 valence electrons. The van der Waals surface area contributed by atoms with Gasteiger partial charge in [-0.1, -0.05) is 36.4 Å². The van der Waals surface area contributed by atoms with Crippen LogP contribution < -0.4 is 14.8 Å². The third kappa shape index (κ3) is 5.48. The van der Waals surface area contributed by atoms with Crippen molar-refractivity contribution in [3.8, 4) is 5.75 Å². The average Bonchev–Trinajstić information content (AvgIpc) is 3.08. The molecule has 4 aromatic rings. The minimum Gasteiger partial charge on any atom is -0.492 e. The molecule has 0 amide bonds. The second-order valence-electron chi connectivity index (χ2n) is 7.04. The lowest BCUT2D eigenvalue weighted by Crippen LogP contribution is -2.27. The number of nitrogens with one attached hydrogen (secondary N) is 3.